The topological polar surface area (TPSA) is 133 Å². The zero-order valence-electron chi connectivity index (χ0n) is 21.1. The number of benzene rings is 3. The van der Waals surface area contributed by atoms with Gasteiger partial charge in [-0.1, -0.05) is 35.6 Å². The number of hydrogen-bond acceptors (Lipinski definition) is 8. The van der Waals surface area contributed by atoms with E-state index in [1.54, 1.807) is 50.2 Å². The van der Waals surface area contributed by atoms with Crippen LogP contribution in [-0.2, 0) is 30.8 Å². The van der Waals surface area contributed by atoms with Crippen LogP contribution in [0.15, 0.2) is 82.7 Å². The Kier molecular flexibility index (Phi) is 8.57. The molecule has 0 aliphatic heterocycles. The summed E-state index contributed by atoms with van der Waals surface area (Å²) in [6, 6.07) is 18.6. The lowest BCUT2D eigenvalue weighted by atomic mass is 10.2. The monoisotopic (exact) mass is 567 g/mol. The molecule has 12 heteroatoms. The minimum atomic E-state index is -3.86. The molecule has 1 N–H and O–H groups in total. The number of thiazole rings is 1. The van der Waals surface area contributed by atoms with E-state index in [1.807, 2.05) is 0 Å². The van der Waals surface area contributed by atoms with E-state index >= 15 is 0 Å². The number of esters is 2. The highest BCUT2D eigenvalue weighted by Gasteiger charge is 2.17. The van der Waals surface area contributed by atoms with E-state index in [1.165, 1.54) is 41.0 Å². The Morgan fingerprint density at radius 2 is 1.64 bits per heavy atom. The number of amides is 1. The number of nitrogens with one attached hydrogen (secondary N) is 1. The Labute approximate surface area is 228 Å². The van der Waals surface area contributed by atoms with E-state index in [9.17, 15) is 22.8 Å². The molecule has 0 spiro atoms. The normalized spacial score (nSPS) is 11.8. The van der Waals surface area contributed by atoms with E-state index in [0.717, 1.165) is 11.3 Å². The minimum Gasteiger partial charge on any atom is -0.465 e. The molecular formula is C27H25N3O7S2. The minimum absolute atomic E-state index is 0.0823. The molecule has 0 aliphatic carbocycles. The molecule has 0 radical (unpaired) electrons. The molecule has 1 amide bonds. The number of ether oxygens (including phenoxy) is 2. The van der Waals surface area contributed by atoms with Crippen molar-refractivity contribution in [2.24, 2.45) is 4.99 Å². The first-order chi connectivity index (χ1) is 18.7. The lowest BCUT2D eigenvalue weighted by molar-refractivity contribution is -0.143. The van der Waals surface area contributed by atoms with Crippen LogP contribution in [0.3, 0.4) is 0 Å². The van der Waals surface area contributed by atoms with Crippen molar-refractivity contribution >= 4 is 55.1 Å². The molecule has 3 aromatic carbocycles. The van der Waals surface area contributed by atoms with Crippen LogP contribution >= 0.6 is 11.3 Å². The van der Waals surface area contributed by atoms with Gasteiger partial charge < -0.3 is 14.0 Å². The molecule has 0 fully saturated rings. The number of fused-ring (bicyclic) bond motifs is 1. The number of anilines is 1. The van der Waals surface area contributed by atoms with Crippen molar-refractivity contribution in [3.8, 4) is 0 Å². The molecule has 4 aromatic rings. The second-order valence-electron chi connectivity index (χ2n) is 8.10. The summed E-state index contributed by atoms with van der Waals surface area (Å²) in [5, 5.41) is 0. The molecule has 0 atom stereocenters. The average molecular weight is 568 g/mol. The van der Waals surface area contributed by atoms with Crippen LogP contribution in [0, 0.1) is 0 Å². The Balaban J connectivity index is 1.71. The predicted octanol–water partition coefficient (Wildman–Crippen LogP) is 3.98. The van der Waals surface area contributed by atoms with E-state index in [0.29, 0.717) is 15.8 Å². The Bertz CT molecular complexity index is 1710. The van der Waals surface area contributed by atoms with Crippen LogP contribution in [0.4, 0.5) is 5.69 Å². The molecular weight excluding hydrogens is 542 g/mol. The zero-order chi connectivity index (χ0) is 28.0. The summed E-state index contributed by atoms with van der Waals surface area (Å²) in [6.07, 6.45) is 0. The smallest absolute Gasteiger partial charge is 0.338 e. The van der Waals surface area contributed by atoms with Gasteiger partial charge in [-0.2, -0.15) is 4.99 Å². The Hall–Kier alpha value is -4.29. The van der Waals surface area contributed by atoms with Crippen LogP contribution in [0.1, 0.15) is 34.6 Å². The first-order valence-corrected chi connectivity index (χ1v) is 14.2. The highest BCUT2D eigenvalue weighted by molar-refractivity contribution is 7.92. The van der Waals surface area contributed by atoms with Crippen LogP contribution in [0.5, 0.6) is 0 Å². The van der Waals surface area contributed by atoms with Crippen LogP contribution in [0.2, 0.25) is 0 Å². The summed E-state index contributed by atoms with van der Waals surface area (Å²) in [6.45, 7) is 3.60. The maximum atomic E-state index is 13.2. The fourth-order valence-electron chi connectivity index (χ4n) is 3.67. The fraction of sp³-hybridized carbons (Fsp3) is 0.185. The number of sulfonamides is 1. The summed E-state index contributed by atoms with van der Waals surface area (Å²) in [4.78, 5) is 42.2. The van der Waals surface area contributed by atoms with Crippen molar-refractivity contribution in [3.05, 3.63) is 88.7 Å². The molecule has 0 unspecified atom stereocenters. The van der Waals surface area contributed by atoms with Gasteiger partial charge in [0.05, 0.1) is 33.9 Å². The second-order valence-corrected chi connectivity index (χ2v) is 10.8. The summed E-state index contributed by atoms with van der Waals surface area (Å²) in [5.74, 6) is -1.66. The zero-order valence-corrected chi connectivity index (χ0v) is 22.8. The van der Waals surface area contributed by atoms with Crippen molar-refractivity contribution in [1.29, 1.82) is 0 Å². The van der Waals surface area contributed by atoms with Gasteiger partial charge in [0.15, 0.2) is 4.80 Å². The third kappa shape index (κ3) is 6.59. The average Bonchev–Trinajstić information content (AvgIpc) is 3.25. The van der Waals surface area contributed by atoms with Gasteiger partial charge in [0.25, 0.3) is 15.9 Å². The van der Waals surface area contributed by atoms with Crippen molar-refractivity contribution in [3.63, 3.8) is 0 Å². The van der Waals surface area contributed by atoms with Gasteiger partial charge >= 0.3 is 11.9 Å². The number of carbonyl (C=O) groups excluding carboxylic acids is 3. The quantitative estimate of drug-likeness (QED) is 0.303. The maximum Gasteiger partial charge on any atom is 0.338 e. The molecule has 0 saturated carbocycles. The van der Waals surface area contributed by atoms with Gasteiger partial charge in [0.1, 0.15) is 6.54 Å². The van der Waals surface area contributed by atoms with Crippen molar-refractivity contribution in [2.75, 3.05) is 17.9 Å². The number of rotatable bonds is 9. The maximum absolute atomic E-state index is 13.2. The molecule has 0 saturated heterocycles. The largest absolute Gasteiger partial charge is 0.465 e. The standard InChI is InChI=1S/C27H25N3O7S2/c1-3-36-24(31)17-30-22-14-13-19(26(33)37-4-2)16-23(22)38-27(30)28-25(32)18-9-8-10-20(15-18)29-39(34,35)21-11-6-5-7-12-21/h5-16,29H,3-4,17H2,1-2H3. The SMILES string of the molecule is CCOC(=O)Cn1c(=NC(=O)c2cccc(NS(=O)(=O)c3ccccc3)c2)sc2cc(C(=O)OCC)ccc21. The van der Waals surface area contributed by atoms with Gasteiger partial charge in [-0.3, -0.25) is 14.3 Å². The molecule has 1 heterocycles. The summed E-state index contributed by atoms with van der Waals surface area (Å²) in [5.41, 5.74) is 1.23. The Morgan fingerprint density at radius 1 is 0.897 bits per heavy atom. The lowest BCUT2D eigenvalue weighted by Gasteiger charge is -2.08. The summed E-state index contributed by atoms with van der Waals surface area (Å²) < 4.78 is 40.1. The van der Waals surface area contributed by atoms with E-state index in [-0.39, 0.29) is 40.7 Å². The molecule has 0 bridgehead atoms. The number of aromatic nitrogens is 1. The third-order valence-corrected chi connectivity index (χ3v) is 7.84. The van der Waals surface area contributed by atoms with Crippen molar-refractivity contribution in [1.82, 2.24) is 4.57 Å². The number of carbonyl (C=O) groups is 3. The van der Waals surface area contributed by atoms with Gasteiger partial charge in [-0.25, -0.2) is 13.2 Å². The van der Waals surface area contributed by atoms with Crippen LogP contribution in [-0.4, -0.2) is 44.0 Å². The van der Waals surface area contributed by atoms with E-state index in [4.69, 9.17) is 9.47 Å². The molecule has 0 aliphatic rings. The molecule has 202 valence electrons. The molecule has 1 aromatic heterocycles. The van der Waals surface area contributed by atoms with Gasteiger partial charge in [-0.05, 0) is 62.4 Å². The van der Waals surface area contributed by atoms with Crippen LogP contribution in [0.25, 0.3) is 10.2 Å². The van der Waals surface area contributed by atoms with Gasteiger partial charge in [0.2, 0.25) is 0 Å². The first-order valence-electron chi connectivity index (χ1n) is 11.9. The molecule has 4 rings (SSSR count). The number of nitrogens with zero attached hydrogens (tertiary/aromatic N) is 2. The van der Waals surface area contributed by atoms with Crippen LogP contribution < -0.4 is 9.52 Å². The lowest BCUT2D eigenvalue weighted by Crippen LogP contribution is -2.23. The van der Waals surface area contributed by atoms with Gasteiger partial charge in [0, 0.05) is 11.3 Å². The predicted molar refractivity (Wildman–Crippen MR) is 146 cm³/mol. The molecule has 39 heavy (non-hydrogen) atoms. The van der Waals surface area contributed by atoms with Gasteiger partial charge in [-0.15, -0.1) is 0 Å². The summed E-state index contributed by atoms with van der Waals surface area (Å²) in [7, 11) is -3.86. The van der Waals surface area contributed by atoms with Crippen molar-refractivity contribution in [2.45, 2.75) is 25.3 Å². The van der Waals surface area contributed by atoms with Crippen molar-refractivity contribution < 1.29 is 32.3 Å². The highest BCUT2D eigenvalue weighted by Crippen LogP contribution is 2.21. The summed E-state index contributed by atoms with van der Waals surface area (Å²) >= 11 is 1.12. The highest BCUT2D eigenvalue weighted by atomic mass is 32.2. The van der Waals surface area contributed by atoms with E-state index < -0.39 is 27.9 Å². The second kappa shape index (κ2) is 12.0. The Morgan fingerprint density at radius 3 is 2.36 bits per heavy atom. The first kappa shape index (κ1) is 27.7. The number of hydrogen-bond donors (Lipinski definition) is 1. The fourth-order valence-corrected chi connectivity index (χ4v) is 5.81. The molecule has 10 nitrogen and oxygen atoms in total. The van der Waals surface area contributed by atoms with E-state index in [2.05, 4.69) is 9.71 Å². The third-order valence-electron chi connectivity index (χ3n) is 5.40.